The third-order valence-corrected chi connectivity index (χ3v) is 3.83. The van der Waals surface area contributed by atoms with E-state index in [1.54, 1.807) is 7.11 Å². The molecular weight excluding hydrogens is 228 g/mol. The summed E-state index contributed by atoms with van der Waals surface area (Å²) in [4.78, 5) is 2.32. The van der Waals surface area contributed by atoms with Crippen molar-refractivity contribution in [1.29, 1.82) is 0 Å². The Morgan fingerprint density at radius 2 is 2.28 bits per heavy atom. The monoisotopic (exact) mass is 250 g/mol. The molecule has 1 saturated heterocycles. The molecular formula is C14H22N2O2. The van der Waals surface area contributed by atoms with Crippen LogP contribution in [0.15, 0.2) is 18.2 Å². The zero-order valence-electron chi connectivity index (χ0n) is 11.1. The van der Waals surface area contributed by atoms with Gasteiger partial charge >= 0.3 is 0 Å². The van der Waals surface area contributed by atoms with E-state index in [1.165, 1.54) is 0 Å². The van der Waals surface area contributed by atoms with E-state index in [1.807, 2.05) is 12.1 Å². The maximum Gasteiger partial charge on any atom is 0.129 e. The van der Waals surface area contributed by atoms with Crippen molar-refractivity contribution in [3.8, 4) is 5.75 Å². The van der Waals surface area contributed by atoms with Gasteiger partial charge in [0.05, 0.1) is 13.7 Å². The molecule has 0 spiro atoms. The van der Waals surface area contributed by atoms with Crippen LogP contribution < -0.4 is 10.5 Å². The lowest BCUT2D eigenvalue weighted by atomic mass is 9.97. The third kappa shape index (κ3) is 2.36. The van der Waals surface area contributed by atoms with Crippen LogP contribution in [0.3, 0.4) is 0 Å². The number of nitrogens with zero attached hydrogens (tertiary/aromatic N) is 1. The summed E-state index contributed by atoms with van der Waals surface area (Å²) in [7, 11) is 3.78. The van der Waals surface area contributed by atoms with Gasteiger partial charge in [-0.05, 0) is 25.9 Å². The maximum absolute atomic E-state index is 9.37. The van der Waals surface area contributed by atoms with Gasteiger partial charge in [0.25, 0.3) is 0 Å². The van der Waals surface area contributed by atoms with Gasteiger partial charge in [-0.2, -0.15) is 0 Å². The van der Waals surface area contributed by atoms with Crippen molar-refractivity contribution in [2.75, 3.05) is 27.2 Å². The zero-order valence-corrected chi connectivity index (χ0v) is 11.1. The number of nitrogens with two attached hydrogens (primary N) is 1. The number of benzene rings is 1. The number of aliphatic hydroxyl groups is 1. The maximum atomic E-state index is 9.37. The average Bonchev–Trinajstić information content (AvgIpc) is 2.78. The highest BCUT2D eigenvalue weighted by atomic mass is 16.5. The molecule has 0 radical (unpaired) electrons. The van der Waals surface area contributed by atoms with E-state index in [9.17, 15) is 5.11 Å². The molecule has 2 atom stereocenters. The summed E-state index contributed by atoms with van der Waals surface area (Å²) in [5.41, 5.74) is 7.77. The number of rotatable bonds is 4. The van der Waals surface area contributed by atoms with Crippen LogP contribution in [0.4, 0.5) is 0 Å². The van der Waals surface area contributed by atoms with Crippen LogP contribution in [0.2, 0.25) is 0 Å². The summed E-state index contributed by atoms with van der Waals surface area (Å²) in [6.07, 6.45) is 1.05. The highest BCUT2D eigenvalue weighted by Crippen LogP contribution is 2.39. The predicted molar refractivity (Wildman–Crippen MR) is 71.4 cm³/mol. The van der Waals surface area contributed by atoms with Crippen LogP contribution >= 0.6 is 0 Å². The number of ether oxygens (including phenoxy) is 1. The Morgan fingerprint density at radius 1 is 1.50 bits per heavy atom. The fraction of sp³-hybridized carbons (Fsp3) is 0.571. The molecule has 0 saturated carbocycles. The molecule has 100 valence electrons. The molecule has 4 nitrogen and oxygen atoms in total. The molecule has 1 aliphatic heterocycles. The third-order valence-electron chi connectivity index (χ3n) is 3.83. The first kappa shape index (κ1) is 13.3. The van der Waals surface area contributed by atoms with Crippen molar-refractivity contribution in [3.63, 3.8) is 0 Å². The van der Waals surface area contributed by atoms with Crippen LogP contribution in [-0.2, 0) is 6.61 Å². The molecule has 1 fully saturated rings. The van der Waals surface area contributed by atoms with E-state index in [0.29, 0.717) is 12.0 Å². The molecule has 0 bridgehead atoms. The minimum Gasteiger partial charge on any atom is -0.496 e. The van der Waals surface area contributed by atoms with Crippen LogP contribution in [0, 0.1) is 5.92 Å². The van der Waals surface area contributed by atoms with Crippen LogP contribution in [0.5, 0.6) is 5.75 Å². The van der Waals surface area contributed by atoms with Crippen molar-refractivity contribution in [2.24, 2.45) is 11.7 Å². The van der Waals surface area contributed by atoms with Crippen LogP contribution in [0.25, 0.3) is 0 Å². The smallest absolute Gasteiger partial charge is 0.129 e. The molecule has 0 aromatic heterocycles. The van der Waals surface area contributed by atoms with E-state index in [4.69, 9.17) is 10.5 Å². The highest BCUT2D eigenvalue weighted by molar-refractivity contribution is 5.43. The minimum absolute atomic E-state index is 0.00770. The van der Waals surface area contributed by atoms with Gasteiger partial charge in [-0.15, -0.1) is 0 Å². The zero-order chi connectivity index (χ0) is 13.1. The first-order valence-corrected chi connectivity index (χ1v) is 6.38. The number of aliphatic hydroxyl groups excluding tert-OH is 1. The van der Waals surface area contributed by atoms with E-state index in [2.05, 4.69) is 18.0 Å². The van der Waals surface area contributed by atoms with Gasteiger partial charge in [0.2, 0.25) is 0 Å². The molecule has 4 heteroatoms. The van der Waals surface area contributed by atoms with Crippen molar-refractivity contribution in [2.45, 2.75) is 19.1 Å². The summed E-state index contributed by atoms with van der Waals surface area (Å²) >= 11 is 0. The van der Waals surface area contributed by atoms with Crippen molar-refractivity contribution >= 4 is 0 Å². The van der Waals surface area contributed by atoms with Gasteiger partial charge in [-0.25, -0.2) is 0 Å². The molecule has 18 heavy (non-hydrogen) atoms. The molecule has 0 aliphatic carbocycles. The second kappa shape index (κ2) is 5.69. The van der Waals surface area contributed by atoms with Gasteiger partial charge in [-0.1, -0.05) is 18.2 Å². The highest BCUT2D eigenvalue weighted by Gasteiger charge is 2.31. The number of hydrogen-bond acceptors (Lipinski definition) is 4. The molecule has 0 amide bonds. The lowest BCUT2D eigenvalue weighted by Crippen LogP contribution is -2.21. The number of hydrogen-bond donors (Lipinski definition) is 2. The second-order valence-corrected chi connectivity index (χ2v) is 4.99. The number of methoxy groups -OCH3 is 1. The lowest BCUT2D eigenvalue weighted by molar-refractivity contribution is 0.268. The van der Waals surface area contributed by atoms with Crippen LogP contribution in [-0.4, -0.2) is 37.3 Å². The summed E-state index contributed by atoms with van der Waals surface area (Å²) < 4.78 is 5.48. The molecule has 2 unspecified atom stereocenters. The fourth-order valence-electron chi connectivity index (χ4n) is 2.88. The summed E-state index contributed by atoms with van der Waals surface area (Å²) in [5.74, 6) is 1.36. The Balaban J connectivity index is 2.33. The van der Waals surface area contributed by atoms with Gasteiger partial charge in [0.15, 0.2) is 0 Å². The summed E-state index contributed by atoms with van der Waals surface area (Å²) in [6, 6.07) is 6.29. The number of likely N-dealkylation sites (tertiary alicyclic amines) is 1. The fourth-order valence-corrected chi connectivity index (χ4v) is 2.88. The molecule has 3 N–H and O–H groups in total. The minimum atomic E-state index is 0.00770. The van der Waals surface area contributed by atoms with Gasteiger partial charge < -0.3 is 15.6 Å². The molecule has 1 aliphatic rings. The Labute approximate surface area is 108 Å². The molecule has 1 heterocycles. The van der Waals surface area contributed by atoms with Crippen molar-refractivity contribution < 1.29 is 9.84 Å². The Morgan fingerprint density at radius 3 is 2.83 bits per heavy atom. The SMILES string of the molecule is COc1c(CO)cccc1C1CC(CN)CN1C. The van der Waals surface area contributed by atoms with E-state index >= 15 is 0 Å². The second-order valence-electron chi connectivity index (χ2n) is 4.99. The van der Waals surface area contributed by atoms with E-state index in [-0.39, 0.29) is 6.61 Å². The van der Waals surface area contributed by atoms with E-state index < -0.39 is 0 Å². The Kier molecular flexibility index (Phi) is 4.22. The standard InChI is InChI=1S/C14H22N2O2/c1-16-8-10(7-15)6-13(16)12-5-3-4-11(9-17)14(12)18-2/h3-5,10,13,17H,6-9,15H2,1-2H3. The Hall–Kier alpha value is -1.10. The van der Waals surface area contributed by atoms with Gasteiger partial charge in [-0.3, -0.25) is 4.90 Å². The summed E-state index contributed by atoms with van der Waals surface area (Å²) in [6.45, 7) is 1.75. The average molecular weight is 250 g/mol. The quantitative estimate of drug-likeness (QED) is 0.841. The van der Waals surface area contributed by atoms with E-state index in [0.717, 1.165) is 36.4 Å². The topological polar surface area (TPSA) is 58.7 Å². The normalized spacial score (nSPS) is 24.4. The Bertz CT molecular complexity index is 409. The van der Waals surface area contributed by atoms with Crippen molar-refractivity contribution in [1.82, 2.24) is 4.90 Å². The first-order valence-electron chi connectivity index (χ1n) is 6.38. The van der Waals surface area contributed by atoms with Crippen LogP contribution in [0.1, 0.15) is 23.6 Å². The number of para-hydroxylation sites is 1. The predicted octanol–water partition coefficient (Wildman–Crippen LogP) is 1.14. The molecule has 2 rings (SSSR count). The van der Waals surface area contributed by atoms with Crippen molar-refractivity contribution in [3.05, 3.63) is 29.3 Å². The first-order chi connectivity index (χ1) is 8.71. The molecule has 1 aromatic carbocycles. The molecule has 1 aromatic rings. The van der Waals surface area contributed by atoms with Gasteiger partial charge in [0.1, 0.15) is 5.75 Å². The largest absolute Gasteiger partial charge is 0.496 e. The summed E-state index contributed by atoms with van der Waals surface area (Å²) in [5, 5.41) is 9.37. The lowest BCUT2D eigenvalue weighted by Gasteiger charge is -2.23. The van der Waals surface area contributed by atoms with Gasteiger partial charge in [0, 0.05) is 23.7 Å².